The van der Waals surface area contributed by atoms with Crippen LogP contribution in [0.5, 0.6) is 0 Å². The van der Waals surface area contributed by atoms with Gasteiger partial charge in [-0.3, -0.25) is 0 Å². The van der Waals surface area contributed by atoms with E-state index in [0.717, 1.165) is 18.5 Å². The van der Waals surface area contributed by atoms with Crippen LogP contribution in [0.1, 0.15) is 38.7 Å². The third kappa shape index (κ3) is 3.30. The fourth-order valence-electron chi connectivity index (χ4n) is 3.10. The van der Waals surface area contributed by atoms with E-state index >= 15 is 0 Å². The highest BCUT2D eigenvalue weighted by molar-refractivity contribution is 7.89. The summed E-state index contributed by atoms with van der Waals surface area (Å²) >= 11 is 0. The summed E-state index contributed by atoms with van der Waals surface area (Å²) in [6, 6.07) is 8.10. The van der Waals surface area contributed by atoms with Gasteiger partial charge in [-0.1, -0.05) is 19.1 Å². The summed E-state index contributed by atoms with van der Waals surface area (Å²) in [5.41, 5.74) is 1.04. The molecule has 0 aromatic heterocycles. The Morgan fingerprint density at radius 3 is 2.67 bits per heavy atom. The summed E-state index contributed by atoms with van der Waals surface area (Å²) in [5.74, 6) is 0.439. The Hall–Kier alpha value is -0.910. The van der Waals surface area contributed by atoms with Crippen LogP contribution in [0, 0.1) is 5.92 Å². The number of benzene rings is 1. The lowest BCUT2D eigenvalue weighted by molar-refractivity contribution is 0.405. The summed E-state index contributed by atoms with van der Waals surface area (Å²) in [6.45, 7) is 5.50. The number of nitrogens with one attached hydrogen (secondary N) is 1. The molecule has 0 bridgehead atoms. The molecule has 3 rings (SSSR count). The van der Waals surface area contributed by atoms with Crippen molar-refractivity contribution >= 4 is 10.0 Å². The van der Waals surface area contributed by atoms with Crippen molar-refractivity contribution in [3.05, 3.63) is 29.8 Å². The van der Waals surface area contributed by atoms with Crippen LogP contribution >= 0.6 is 0 Å². The Morgan fingerprint density at radius 1 is 1.29 bits per heavy atom. The molecule has 0 spiro atoms. The highest BCUT2D eigenvalue weighted by atomic mass is 32.2. The maximum Gasteiger partial charge on any atom is 0.243 e. The second kappa shape index (κ2) is 5.71. The zero-order chi connectivity index (χ0) is 15.0. The van der Waals surface area contributed by atoms with Gasteiger partial charge in [0.15, 0.2) is 0 Å². The Morgan fingerprint density at radius 2 is 2.05 bits per heavy atom. The molecular formula is C16H24N2O2S. The molecule has 1 aliphatic carbocycles. The molecule has 2 fully saturated rings. The van der Waals surface area contributed by atoms with Crippen LogP contribution in [-0.2, 0) is 16.6 Å². The Bertz CT molecular complexity index is 610. The highest BCUT2D eigenvalue weighted by Crippen LogP contribution is 2.29. The smallest absolute Gasteiger partial charge is 0.243 e. The number of hydrogen-bond donors (Lipinski definition) is 1. The van der Waals surface area contributed by atoms with Crippen LogP contribution < -0.4 is 5.32 Å². The second-order valence-electron chi connectivity index (χ2n) is 6.57. The molecule has 1 aromatic carbocycles. The standard InChI is InChI=1S/C16H24N2O2S/c1-12-8-13(2)18(11-12)21(19,20)16-5-3-4-14(9-16)10-17-15-6-7-15/h3-5,9,12-13,15,17H,6-8,10-11H2,1-2H3. The molecule has 116 valence electrons. The van der Waals surface area contributed by atoms with Gasteiger partial charge >= 0.3 is 0 Å². The molecule has 21 heavy (non-hydrogen) atoms. The van der Waals surface area contributed by atoms with E-state index in [0.29, 0.717) is 23.4 Å². The lowest BCUT2D eigenvalue weighted by Crippen LogP contribution is -2.34. The molecule has 0 amide bonds. The summed E-state index contributed by atoms with van der Waals surface area (Å²) in [7, 11) is -3.36. The topological polar surface area (TPSA) is 49.4 Å². The molecule has 0 radical (unpaired) electrons. The maximum absolute atomic E-state index is 12.8. The van der Waals surface area contributed by atoms with E-state index in [1.165, 1.54) is 12.8 Å². The first-order valence-corrected chi connectivity index (χ1v) is 9.25. The molecule has 1 saturated carbocycles. The highest BCUT2D eigenvalue weighted by Gasteiger charge is 2.36. The predicted molar refractivity (Wildman–Crippen MR) is 83.4 cm³/mol. The third-order valence-electron chi connectivity index (χ3n) is 4.40. The average Bonchev–Trinajstić information content (AvgIpc) is 3.21. The minimum atomic E-state index is -3.36. The molecule has 1 aromatic rings. The fraction of sp³-hybridized carbons (Fsp3) is 0.625. The average molecular weight is 308 g/mol. The quantitative estimate of drug-likeness (QED) is 0.908. The normalized spacial score (nSPS) is 27.1. The number of sulfonamides is 1. The van der Waals surface area contributed by atoms with Gasteiger partial charge in [-0.25, -0.2) is 8.42 Å². The van der Waals surface area contributed by atoms with E-state index in [1.54, 1.807) is 10.4 Å². The van der Waals surface area contributed by atoms with Crippen molar-refractivity contribution < 1.29 is 8.42 Å². The van der Waals surface area contributed by atoms with Gasteiger partial charge in [0, 0.05) is 25.2 Å². The molecule has 1 N–H and O–H groups in total. The van der Waals surface area contributed by atoms with Gasteiger partial charge in [0.2, 0.25) is 10.0 Å². The summed E-state index contributed by atoms with van der Waals surface area (Å²) in [6.07, 6.45) is 3.42. The molecule has 4 nitrogen and oxygen atoms in total. The minimum Gasteiger partial charge on any atom is -0.310 e. The number of rotatable bonds is 5. The van der Waals surface area contributed by atoms with Crippen LogP contribution in [0.4, 0.5) is 0 Å². The fourth-order valence-corrected chi connectivity index (χ4v) is 4.93. The molecule has 2 atom stereocenters. The van der Waals surface area contributed by atoms with E-state index in [9.17, 15) is 8.42 Å². The van der Waals surface area contributed by atoms with Crippen molar-refractivity contribution in [3.63, 3.8) is 0 Å². The first kappa shape index (κ1) is 15.0. The van der Waals surface area contributed by atoms with Gasteiger partial charge in [-0.2, -0.15) is 4.31 Å². The molecule has 1 aliphatic heterocycles. The molecule has 1 heterocycles. The Kier molecular flexibility index (Phi) is 4.08. The zero-order valence-corrected chi connectivity index (χ0v) is 13.6. The van der Waals surface area contributed by atoms with Crippen LogP contribution in [0.2, 0.25) is 0 Å². The van der Waals surface area contributed by atoms with Gasteiger partial charge in [0.05, 0.1) is 4.90 Å². The van der Waals surface area contributed by atoms with Gasteiger partial charge in [0.25, 0.3) is 0 Å². The van der Waals surface area contributed by atoms with E-state index in [4.69, 9.17) is 0 Å². The summed E-state index contributed by atoms with van der Waals surface area (Å²) in [4.78, 5) is 0.429. The first-order valence-electron chi connectivity index (χ1n) is 7.81. The van der Waals surface area contributed by atoms with Crippen molar-refractivity contribution in [1.82, 2.24) is 9.62 Å². The minimum absolute atomic E-state index is 0.0956. The third-order valence-corrected chi connectivity index (χ3v) is 6.38. The van der Waals surface area contributed by atoms with E-state index in [1.807, 2.05) is 25.1 Å². The molecule has 2 aliphatic rings. The molecule has 5 heteroatoms. The van der Waals surface area contributed by atoms with Crippen LogP contribution in [-0.4, -0.2) is 31.4 Å². The molecule has 2 unspecified atom stereocenters. The van der Waals surface area contributed by atoms with E-state index < -0.39 is 10.0 Å². The number of nitrogens with zero attached hydrogens (tertiary/aromatic N) is 1. The van der Waals surface area contributed by atoms with Crippen LogP contribution in [0.25, 0.3) is 0 Å². The Balaban J connectivity index is 1.79. The monoisotopic (exact) mass is 308 g/mol. The molecular weight excluding hydrogens is 284 g/mol. The first-order chi connectivity index (χ1) is 9.96. The lowest BCUT2D eigenvalue weighted by Gasteiger charge is -2.21. The SMILES string of the molecule is CC1CC(C)N(S(=O)(=O)c2cccc(CNC3CC3)c2)C1. The van der Waals surface area contributed by atoms with Gasteiger partial charge in [-0.15, -0.1) is 0 Å². The Labute approximate surface area is 127 Å². The van der Waals surface area contributed by atoms with Crippen molar-refractivity contribution in [2.24, 2.45) is 5.92 Å². The van der Waals surface area contributed by atoms with Gasteiger partial charge < -0.3 is 5.32 Å². The van der Waals surface area contributed by atoms with Crippen molar-refractivity contribution in [2.75, 3.05) is 6.54 Å². The van der Waals surface area contributed by atoms with Gasteiger partial charge in [0.1, 0.15) is 0 Å². The van der Waals surface area contributed by atoms with Crippen molar-refractivity contribution in [2.45, 2.75) is 56.6 Å². The maximum atomic E-state index is 12.8. The molecule has 1 saturated heterocycles. The second-order valence-corrected chi connectivity index (χ2v) is 8.46. The van der Waals surface area contributed by atoms with Crippen LogP contribution in [0.3, 0.4) is 0 Å². The lowest BCUT2D eigenvalue weighted by atomic mass is 10.1. The zero-order valence-electron chi connectivity index (χ0n) is 12.7. The van der Waals surface area contributed by atoms with Crippen molar-refractivity contribution in [3.8, 4) is 0 Å². The van der Waals surface area contributed by atoms with E-state index in [-0.39, 0.29) is 6.04 Å². The summed E-state index contributed by atoms with van der Waals surface area (Å²) < 4.78 is 27.3. The van der Waals surface area contributed by atoms with Crippen molar-refractivity contribution in [1.29, 1.82) is 0 Å². The van der Waals surface area contributed by atoms with E-state index in [2.05, 4.69) is 12.2 Å². The largest absolute Gasteiger partial charge is 0.310 e. The number of hydrogen-bond acceptors (Lipinski definition) is 3. The van der Waals surface area contributed by atoms with Crippen LogP contribution in [0.15, 0.2) is 29.2 Å². The predicted octanol–water partition coefficient (Wildman–Crippen LogP) is 2.36. The summed E-state index contributed by atoms with van der Waals surface area (Å²) in [5, 5.41) is 3.43. The van der Waals surface area contributed by atoms with Gasteiger partial charge in [-0.05, 0) is 49.8 Å².